The van der Waals surface area contributed by atoms with Crippen LogP contribution in [0.15, 0.2) is 48.5 Å². The Hall–Kier alpha value is -2.05. The molecule has 7 heteroatoms. The summed E-state index contributed by atoms with van der Waals surface area (Å²) in [7, 11) is -3.12. The van der Waals surface area contributed by atoms with Crippen molar-refractivity contribution in [2.24, 2.45) is 0 Å². The molecule has 150 valence electrons. The lowest BCUT2D eigenvalue weighted by atomic mass is 10.1. The summed E-state index contributed by atoms with van der Waals surface area (Å²) in [5, 5.41) is 0.583. The first-order valence-corrected chi connectivity index (χ1v) is 11.5. The number of hydrogen-bond acceptors (Lipinski definition) is 4. The molecule has 0 radical (unpaired) electrons. The summed E-state index contributed by atoms with van der Waals surface area (Å²) in [6.07, 6.45) is 0.494. The van der Waals surface area contributed by atoms with Crippen LogP contribution in [0, 0.1) is 0 Å². The first kappa shape index (κ1) is 20.7. The first-order chi connectivity index (χ1) is 13.2. The van der Waals surface area contributed by atoms with Gasteiger partial charge in [0.1, 0.15) is 5.75 Å². The summed E-state index contributed by atoms with van der Waals surface area (Å²) < 4.78 is 29.6. The molecule has 0 N–H and O–H groups in total. The van der Waals surface area contributed by atoms with Crippen LogP contribution in [0.25, 0.3) is 0 Å². The fourth-order valence-corrected chi connectivity index (χ4v) is 5.28. The minimum Gasteiger partial charge on any atom is -0.491 e. The molecular formula is C21H24ClNO4S. The van der Waals surface area contributed by atoms with Gasteiger partial charge >= 0.3 is 0 Å². The van der Waals surface area contributed by atoms with Crippen molar-refractivity contribution in [1.82, 2.24) is 4.90 Å². The molecular weight excluding hydrogens is 398 g/mol. The number of sulfone groups is 1. The molecule has 1 aliphatic rings. The van der Waals surface area contributed by atoms with Crippen molar-refractivity contribution in [2.75, 3.05) is 11.5 Å². The van der Waals surface area contributed by atoms with E-state index < -0.39 is 9.84 Å². The maximum atomic E-state index is 13.2. The van der Waals surface area contributed by atoms with E-state index >= 15 is 0 Å². The van der Waals surface area contributed by atoms with Crippen LogP contribution in [0.5, 0.6) is 5.75 Å². The quantitative estimate of drug-likeness (QED) is 0.708. The Morgan fingerprint density at radius 1 is 1.21 bits per heavy atom. The first-order valence-electron chi connectivity index (χ1n) is 9.26. The van der Waals surface area contributed by atoms with E-state index in [4.69, 9.17) is 16.3 Å². The molecule has 0 bridgehead atoms. The second-order valence-electron chi connectivity index (χ2n) is 7.31. The standard InChI is InChI=1S/C21H24ClNO4S/c1-15(2)27-20-8-6-17(7-9-20)21(24)23(19-10-11-28(25,26)14-19)13-16-4-3-5-18(22)12-16/h3-9,12,15,19H,10-11,13-14H2,1-2H3/t19-/m0/s1. The van der Waals surface area contributed by atoms with Gasteiger partial charge in [-0.1, -0.05) is 23.7 Å². The third-order valence-corrected chi connectivity index (χ3v) is 6.61. The smallest absolute Gasteiger partial charge is 0.254 e. The van der Waals surface area contributed by atoms with Gasteiger partial charge in [0.05, 0.1) is 17.6 Å². The van der Waals surface area contributed by atoms with Crippen molar-refractivity contribution in [3.8, 4) is 5.75 Å². The Bertz CT molecular complexity index is 941. The number of nitrogens with zero attached hydrogens (tertiary/aromatic N) is 1. The molecule has 1 fully saturated rings. The van der Waals surface area contributed by atoms with E-state index in [1.54, 1.807) is 41.3 Å². The molecule has 1 aliphatic heterocycles. The number of hydrogen-bond donors (Lipinski definition) is 0. The lowest BCUT2D eigenvalue weighted by molar-refractivity contribution is 0.0681. The van der Waals surface area contributed by atoms with Gasteiger partial charge in [-0.05, 0) is 62.2 Å². The average molecular weight is 422 g/mol. The predicted molar refractivity (Wildman–Crippen MR) is 111 cm³/mol. The molecule has 1 atom stereocenters. The number of halogens is 1. The van der Waals surface area contributed by atoms with Gasteiger partial charge in [-0.15, -0.1) is 0 Å². The maximum absolute atomic E-state index is 13.2. The number of rotatable bonds is 6. The summed E-state index contributed by atoms with van der Waals surface area (Å²) in [6, 6.07) is 13.9. The largest absolute Gasteiger partial charge is 0.491 e. The molecule has 2 aromatic carbocycles. The fraction of sp³-hybridized carbons (Fsp3) is 0.381. The highest BCUT2D eigenvalue weighted by molar-refractivity contribution is 7.91. The van der Waals surface area contributed by atoms with Gasteiger partial charge < -0.3 is 9.64 Å². The van der Waals surface area contributed by atoms with Gasteiger partial charge in [0, 0.05) is 23.2 Å². The van der Waals surface area contributed by atoms with Crippen molar-refractivity contribution in [1.29, 1.82) is 0 Å². The molecule has 0 spiro atoms. The molecule has 0 aliphatic carbocycles. The summed E-state index contributed by atoms with van der Waals surface area (Å²) in [6.45, 7) is 4.18. The third-order valence-electron chi connectivity index (χ3n) is 4.63. The van der Waals surface area contributed by atoms with Gasteiger partial charge in [0.25, 0.3) is 5.91 Å². The lowest BCUT2D eigenvalue weighted by Crippen LogP contribution is -2.40. The van der Waals surface area contributed by atoms with Crippen LogP contribution in [0.1, 0.15) is 36.2 Å². The number of amides is 1. The van der Waals surface area contributed by atoms with Crippen molar-refractivity contribution in [2.45, 2.75) is 39.0 Å². The summed E-state index contributed by atoms with van der Waals surface area (Å²) in [4.78, 5) is 14.9. The number of ether oxygens (including phenoxy) is 1. The average Bonchev–Trinajstić information content (AvgIpc) is 2.99. The monoisotopic (exact) mass is 421 g/mol. The van der Waals surface area contributed by atoms with Crippen LogP contribution in [-0.4, -0.2) is 42.9 Å². The van der Waals surface area contributed by atoms with Crippen LogP contribution in [-0.2, 0) is 16.4 Å². The van der Waals surface area contributed by atoms with Crippen molar-refractivity contribution >= 4 is 27.3 Å². The van der Waals surface area contributed by atoms with Gasteiger partial charge in [-0.3, -0.25) is 4.79 Å². The minimum atomic E-state index is -3.12. The topological polar surface area (TPSA) is 63.7 Å². The highest BCUT2D eigenvalue weighted by Gasteiger charge is 2.35. The summed E-state index contributed by atoms with van der Waals surface area (Å²) >= 11 is 6.08. The minimum absolute atomic E-state index is 0.00610. The zero-order chi connectivity index (χ0) is 20.3. The SMILES string of the molecule is CC(C)Oc1ccc(C(=O)N(Cc2cccc(Cl)c2)[C@H]2CCS(=O)(=O)C2)cc1. The van der Waals surface area contributed by atoms with E-state index in [0.717, 1.165) is 5.56 Å². The normalized spacial score (nSPS) is 18.2. The number of carbonyl (C=O) groups is 1. The lowest BCUT2D eigenvalue weighted by Gasteiger charge is -2.28. The Balaban J connectivity index is 1.86. The number of carbonyl (C=O) groups excluding carboxylic acids is 1. The Morgan fingerprint density at radius 3 is 2.50 bits per heavy atom. The molecule has 2 aromatic rings. The molecule has 3 rings (SSSR count). The zero-order valence-electron chi connectivity index (χ0n) is 16.0. The van der Waals surface area contributed by atoms with E-state index in [9.17, 15) is 13.2 Å². The fourth-order valence-electron chi connectivity index (χ4n) is 3.33. The Labute approximate surface area is 171 Å². The van der Waals surface area contributed by atoms with E-state index in [0.29, 0.717) is 29.3 Å². The Kier molecular flexibility index (Phi) is 6.30. The molecule has 5 nitrogen and oxygen atoms in total. The van der Waals surface area contributed by atoms with E-state index in [-0.39, 0.29) is 29.6 Å². The highest BCUT2D eigenvalue weighted by Crippen LogP contribution is 2.24. The highest BCUT2D eigenvalue weighted by atomic mass is 35.5. The molecule has 0 unspecified atom stereocenters. The second-order valence-corrected chi connectivity index (χ2v) is 9.98. The molecule has 0 saturated carbocycles. The van der Waals surface area contributed by atoms with Crippen LogP contribution in [0.2, 0.25) is 5.02 Å². The van der Waals surface area contributed by atoms with E-state index in [2.05, 4.69) is 0 Å². The van der Waals surface area contributed by atoms with Gasteiger partial charge in [-0.25, -0.2) is 8.42 Å². The van der Waals surface area contributed by atoms with Crippen LogP contribution in [0.4, 0.5) is 0 Å². The van der Waals surface area contributed by atoms with Crippen molar-refractivity contribution < 1.29 is 17.9 Å². The Morgan fingerprint density at radius 2 is 1.93 bits per heavy atom. The van der Waals surface area contributed by atoms with Crippen molar-refractivity contribution in [3.05, 3.63) is 64.7 Å². The van der Waals surface area contributed by atoms with Crippen LogP contribution < -0.4 is 4.74 Å². The second kappa shape index (κ2) is 8.53. The molecule has 1 saturated heterocycles. The molecule has 0 aromatic heterocycles. The van der Waals surface area contributed by atoms with Crippen LogP contribution in [0.3, 0.4) is 0 Å². The number of benzene rings is 2. The predicted octanol–water partition coefficient (Wildman–Crippen LogP) is 3.96. The summed E-state index contributed by atoms with van der Waals surface area (Å²) in [5.74, 6) is 0.598. The molecule has 28 heavy (non-hydrogen) atoms. The molecule has 1 heterocycles. The van der Waals surface area contributed by atoms with E-state index in [1.807, 2.05) is 26.0 Å². The third kappa shape index (κ3) is 5.26. The van der Waals surface area contributed by atoms with Crippen LogP contribution >= 0.6 is 11.6 Å². The van der Waals surface area contributed by atoms with Crippen molar-refractivity contribution in [3.63, 3.8) is 0 Å². The zero-order valence-corrected chi connectivity index (χ0v) is 17.5. The van der Waals surface area contributed by atoms with Gasteiger partial charge in [0.15, 0.2) is 9.84 Å². The maximum Gasteiger partial charge on any atom is 0.254 e. The summed E-state index contributed by atoms with van der Waals surface area (Å²) in [5.41, 5.74) is 1.37. The molecule has 1 amide bonds. The van der Waals surface area contributed by atoms with Gasteiger partial charge in [0.2, 0.25) is 0 Å². The van der Waals surface area contributed by atoms with Gasteiger partial charge in [-0.2, -0.15) is 0 Å². The van der Waals surface area contributed by atoms with E-state index in [1.165, 1.54) is 0 Å².